The fourth-order valence-corrected chi connectivity index (χ4v) is 21.6. The number of carbonyl (C=O) groups is 6. The van der Waals surface area contributed by atoms with Crippen LogP contribution in [0, 0.1) is 33.8 Å². The largest absolute Gasteiger partial charge is 0.543 e. The second-order valence-electron chi connectivity index (χ2n) is 29.2. The van der Waals surface area contributed by atoms with Crippen LogP contribution >= 0.6 is 0 Å². The van der Waals surface area contributed by atoms with E-state index in [1.807, 2.05) is 43.3 Å². The van der Waals surface area contributed by atoms with Crippen LogP contribution in [0.5, 0.6) is 0 Å². The molecule has 8 fully saturated rings. The molecule has 0 aromatic heterocycles. The van der Waals surface area contributed by atoms with Gasteiger partial charge in [0, 0.05) is 47.6 Å². The number of nitrogens with zero attached hydrogens (tertiary/aromatic N) is 9. The average molecular weight is 1390 g/mol. The Balaban J connectivity index is 0.000000171. The monoisotopic (exact) mass is 1380 g/mol. The van der Waals surface area contributed by atoms with E-state index in [-0.39, 0.29) is 58.4 Å². The maximum atomic E-state index is 14.3. The van der Waals surface area contributed by atoms with Gasteiger partial charge in [0.25, 0.3) is 37.5 Å². The molecular weight excluding hydrogens is 1300 g/mol. The molecule has 12 heterocycles. The van der Waals surface area contributed by atoms with Gasteiger partial charge in [-0.1, -0.05) is 50.2 Å². The van der Waals surface area contributed by atoms with Crippen LogP contribution < -0.4 is 25.2 Å². The van der Waals surface area contributed by atoms with Crippen LogP contribution in [-0.2, 0) is 73.0 Å². The molecule has 0 saturated carbocycles. The van der Waals surface area contributed by atoms with Crippen LogP contribution in [-0.4, -0.2) is 237 Å². The Morgan fingerprint density at radius 2 is 0.980 bits per heavy atom. The number of nitrogens with two attached hydrogens (primary N) is 2. The molecule has 17 rings (SSSR count). The first-order chi connectivity index (χ1) is 46.4. The van der Waals surface area contributed by atoms with Crippen LogP contribution in [0.4, 0.5) is 17.1 Å². The zero-order valence-corrected chi connectivity index (χ0v) is 56.8. The lowest BCUT2D eigenvalue weighted by atomic mass is 9.78. The van der Waals surface area contributed by atoms with Gasteiger partial charge in [-0.05, 0) is 88.9 Å². The number of hydrogen-bond donors (Lipinski definition) is 4. The molecule has 0 radical (unpaired) electrons. The third-order valence-electron chi connectivity index (χ3n) is 24.0. The van der Waals surface area contributed by atoms with Crippen molar-refractivity contribution in [2.24, 2.45) is 35.1 Å². The number of amides is 4. The number of aliphatic hydroxyl groups is 2. The highest BCUT2D eigenvalue weighted by Gasteiger charge is 2.62. The molecule has 98 heavy (non-hydrogen) atoms. The number of anilines is 2. The molecule has 518 valence electrons. The minimum absolute atomic E-state index is 0.0363. The van der Waals surface area contributed by atoms with Gasteiger partial charge < -0.3 is 64.1 Å². The molecule has 6 N–H and O–H groups in total. The molecule has 5 aromatic carbocycles. The minimum atomic E-state index is -4.07. The van der Waals surface area contributed by atoms with Gasteiger partial charge in [-0.25, -0.2) is 21.6 Å². The molecule has 4 bridgehead atoms. The summed E-state index contributed by atoms with van der Waals surface area (Å²) < 4.78 is 68.3. The number of β-lactam (4-membered cyclic amide) rings is 2. The van der Waals surface area contributed by atoms with Crippen LogP contribution in [0.3, 0.4) is 0 Å². The number of piperazine rings is 6. The Morgan fingerprint density at radius 3 is 1.36 bits per heavy atom. The molecule has 8 saturated heterocycles. The quantitative estimate of drug-likeness (QED) is 0.0258. The first-order valence-electron chi connectivity index (χ1n) is 33.7. The molecule has 6 unspecified atom stereocenters. The van der Waals surface area contributed by atoms with Gasteiger partial charge in [0.05, 0.1) is 100 Å². The standard InChI is InChI=1S/C38H43N6O9S.C31H37N5O7S/c1-23-29(36(41-35(23)33(24(2)45)37(41)47)38(48)53-22-25-6-9-27(10-7-25)42(49)50)20-40-30-5-3-4-28-26(8-11-31(34(28)30)54(40,51)52)12-13-43-14-17-44(18-15-43,19-16-43)21-32(39)46;1-18-22(29(31(40)41)34-28(18)26(19(2)37)30(34)39)16-33-23-5-3-4-21-20(6-7-24(27(21)23)44(33,42)43)8-9-35-10-13-36(14-11-35,15-12-35)17-25(32)38/h3-11,23-24,33,35,45H,12-22H2,1-2H3,(H-,39,46);3-7,18-19,26,28,37H,8-17H2,1-2H3,(H-2,32,38,40,41)/q+1;/p+2/t23-,24?,33?,35?,43?,44?;18-,19?,26?,28?,35?,36?/m00/s1. The number of primary amides is 2. The number of hydrogen-bond acceptors (Lipinski definition) is 16. The Labute approximate surface area is 566 Å². The van der Waals surface area contributed by atoms with Gasteiger partial charge >= 0.3 is 5.97 Å². The molecule has 12 aliphatic heterocycles. The van der Waals surface area contributed by atoms with Crippen molar-refractivity contribution >= 4 is 94.2 Å². The summed E-state index contributed by atoms with van der Waals surface area (Å²) in [5.41, 5.74) is 14.9. The van der Waals surface area contributed by atoms with Crippen molar-refractivity contribution in [3.8, 4) is 0 Å². The number of aliphatic carboxylic acids is 1. The number of carbonyl (C=O) groups excluding carboxylic acids is 6. The maximum Gasteiger partial charge on any atom is 0.355 e. The number of nitro groups is 1. The second kappa shape index (κ2) is 23.9. The van der Waals surface area contributed by atoms with E-state index >= 15 is 0 Å². The third kappa shape index (κ3) is 10.6. The minimum Gasteiger partial charge on any atom is -0.543 e. The van der Waals surface area contributed by atoms with Gasteiger partial charge in [0.1, 0.15) is 90.8 Å². The van der Waals surface area contributed by atoms with Crippen LogP contribution in [0.15, 0.2) is 117 Å². The van der Waals surface area contributed by atoms with E-state index < -0.39 is 96.7 Å². The van der Waals surface area contributed by atoms with E-state index in [1.54, 1.807) is 31.2 Å². The Hall–Kier alpha value is -8.42. The number of esters is 1. The number of non-ortho nitro benzene ring substituents is 1. The summed E-state index contributed by atoms with van der Waals surface area (Å²) in [7, 11) is -8.07. The summed E-state index contributed by atoms with van der Waals surface area (Å²) in [5, 5.41) is 47.0. The summed E-state index contributed by atoms with van der Waals surface area (Å²) in [5.74, 6) is -6.25. The molecule has 0 spiro atoms. The topological polar surface area (TPSA) is 352 Å². The van der Waals surface area contributed by atoms with Crippen molar-refractivity contribution in [2.75, 3.05) is 126 Å². The number of carboxylic acids is 1. The third-order valence-corrected chi connectivity index (χ3v) is 27.6. The highest BCUT2D eigenvalue weighted by Crippen LogP contribution is 2.53. The number of ether oxygens (including phenoxy) is 1. The predicted molar refractivity (Wildman–Crippen MR) is 354 cm³/mol. The molecule has 8 atom stereocenters. The lowest BCUT2D eigenvalue weighted by Crippen LogP contribution is -2.76. The smallest absolute Gasteiger partial charge is 0.355 e. The zero-order chi connectivity index (χ0) is 69.7. The van der Waals surface area contributed by atoms with E-state index in [0.29, 0.717) is 51.9 Å². The van der Waals surface area contributed by atoms with Gasteiger partial charge in [-0.15, -0.1) is 0 Å². The van der Waals surface area contributed by atoms with Gasteiger partial charge in [-0.2, -0.15) is 0 Å². The van der Waals surface area contributed by atoms with E-state index in [9.17, 15) is 71.0 Å². The molecule has 0 aliphatic carbocycles. The SMILES string of the molecule is CC(O)C1C(=O)N2C(C(=O)OCc3ccc([N+](=O)[O-])cc3)=C(CN3c4cccc5c(CC[N+]67CC[N+](CC(N)=O)(CC6)CC7)ccc(c45)S3(=O)=O)[C@H](C)C12.CC(O)C1C(=O)N2C(C(=O)[O-])=C(CN3c4cccc5c(CC[N+]67CC[N+](CC(N)=O)(CC6)CC7)ccc(c45)S3(=O)=O)[C@H](C)C12. The number of carboxylic acid groups (broad SMARTS) is 1. The first-order valence-corrected chi connectivity index (χ1v) is 36.5. The summed E-state index contributed by atoms with van der Waals surface area (Å²) in [6, 6.07) is 22.6. The van der Waals surface area contributed by atoms with E-state index in [0.717, 1.165) is 149 Å². The second-order valence-corrected chi connectivity index (χ2v) is 32.8. The number of fused-ring (bicyclic) bond motifs is 8. The van der Waals surface area contributed by atoms with Crippen molar-refractivity contribution in [2.45, 2.75) is 81.2 Å². The fraction of sp³-hybridized carbons (Fsp3) is 0.478. The number of aliphatic hydroxyl groups excluding tert-OH is 2. The number of benzene rings is 5. The van der Waals surface area contributed by atoms with Gasteiger partial charge in [0.2, 0.25) is 11.8 Å². The number of nitro benzene ring substituents is 1. The van der Waals surface area contributed by atoms with Crippen molar-refractivity contribution < 1.29 is 88.5 Å². The molecule has 12 aliphatic rings. The zero-order valence-electron chi connectivity index (χ0n) is 55.2. The maximum absolute atomic E-state index is 14.3. The fourth-order valence-electron chi connectivity index (χ4n) is 18.3. The van der Waals surface area contributed by atoms with Crippen LogP contribution in [0.25, 0.3) is 21.5 Å². The molecule has 4 amide bonds. The molecule has 29 heteroatoms. The van der Waals surface area contributed by atoms with Crippen molar-refractivity contribution in [3.63, 3.8) is 0 Å². The molecular formula is C69H82N11O16S2+3. The van der Waals surface area contributed by atoms with Gasteiger partial charge in [0.15, 0.2) is 13.1 Å². The Morgan fingerprint density at radius 1 is 0.592 bits per heavy atom. The summed E-state index contributed by atoms with van der Waals surface area (Å²) in [4.78, 5) is 89.0. The predicted octanol–water partition coefficient (Wildman–Crippen LogP) is 0.699. The lowest BCUT2D eigenvalue weighted by Gasteiger charge is -2.55. The van der Waals surface area contributed by atoms with E-state index in [1.165, 1.54) is 51.6 Å². The Bertz CT molecular complexity index is 4550. The number of rotatable bonds is 21. The molecule has 5 aromatic rings. The summed E-state index contributed by atoms with van der Waals surface area (Å²) in [6.45, 7) is 20.0. The number of quaternary nitrogens is 4. The highest BCUT2D eigenvalue weighted by atomic mass is 32.2. The Kier molecular flexibility index (Phi) is 16.3. The number of sulfonamides is 2. The van der Waals surface area contributed by atoms with Crippen LogP contribution in [0.1, 0.15) is 44.4 Å². The molecule has 27 nitrogen and oxygen atoms in total. The highest BCUT2D eigenvalue weighted by molar-refractivity contribution is 7.93. The van der Waals surface area contributed by atoms with E-state index in [4.69, 9.17) is 16.2 Å². The van der Waals surface area contributed by atoms with Crippen molar-refractivity contribution in [3.05, 3.63) is 134 Å². The van der Waals surface area contributed by atoms with E-state index in [2.05, 4.69) is 0 Å². The lowest BCUT2D eigenvalue weighted by molar-refractivity contribution is -1.08. The average Bonchev–Trinajstić information content (AvgIpc) is 1.54. The summed E-state index contributed by atoms with van der Waals surface area (Å²) in [6.07, 6.45) is -0.422. The van der Waals surface area contributed by atoms with Crippen LogP contribution in [0.2, 0.25) is 0 Å². The normalized spacial score (nSPS) is 30.1. The summed E-state index contributed by atoms with van der Waals surface area (Å²) >= 11 is 0. The van der Waals surface area contributed by atoms with Gasteiger partial charge in [-0.3, -0.25) is 37.9 Å². The van der Waals surface area contributed by atoms with Crippen molar-refractivity contribution in [1.29, 1.82) is 0 Å². The van der Waals surface area contributed by atoms with Crippen molar-refractivity contribution in [1.82, 2.24) is 9.80 Å². The first kappa shape index (κ1) is 66.8.